The zero-order chi connectivity index (χ0) is 18.8. The first kappa shape index (κ1) is 17.7. The van der Waals surface area contributed by atoms with Gasteiger partial charge in [-0.15, -0.1) is 11.3 Å². The molecule has 0 bridgehead atoms. The summed E-state index contributed by atoms with van der Waals surface area (Å²) in [6.45, 7) is 7.05. The maximum atomic E-state index is 11.9. The molecule has 0 aliphatic carbocycles. The van der Waals surface area contributed by atoms with E-state index in [2.05, 4.69) is 51.4 Å². The Bertz CT molecular complexity index is 946. The predicted octanol–water partition coefficient (Wildman–Crippen LogP) is 3.95. The lowest BCUT2D eigenvalue weighted by atomic mass is 10.0. The van der Waals surface area contributed by atoms with Gasteiger partial charge in [0, 0.05) is 37.1 Å². The van der Waals surface area contributed by atoms with E-state index in [4.69, 9.17) is 4.74 Å². The molecule has 0 N–H and O–H groups in total. The van der Waals surface area contributed by atoms with Crippen LogP contribution in [-0.4, -0.2) is 53.7 Å². The molecular weight excluding hydrogens is 360 g/mol. The normalized spacial score (nSPS) is 14.6. The highest BCUT2D eigenvalue weighted by Crippen LogP contribution is 2.38. The number of piperazine rings is 1. The fraction of sp³-hybridized carbons (Fsp3) is 0.350. The summed E-state index contributed by atoms with van der Waals surface area (Å²) in [6, 6.07) is 8.54. The van der Waals surface area contributed by atoms with Gasteiger partial charge < -0.3 is 14.5 Å². The van der Waals surface area contributed by atoms with E-state index in [1.165, 1.54) is 16.7 Å². The molecule has 1 amide bonds. The van der Waals surface area contributed by atoms with E-state index in [9.17, 15) is 4.79 Å². The lowest BCUT2D eigenvalue weighted by Crippen LogP contribution is -2.49. The summed E-state index contributed by atoms with van der Waals surface area (Å²) < 4.78 is 5.11. The van der Waals surface area contributed by atoms with Crippen LogP contribution in [0.1, 0.15) is 12.5 Å². The molecule has 2 aromatic heterocycles. The number of hydrogen-bond acceptors (Lipinski definition) is 6. The number of fused-ring (bicyclic) bond motifs is 1. The largest absolute Gasteiger partial charge is 0.450 e. The lowest BCUT2D eigenvalue weighted by Gasteiger charge is -2.35. The molecule has 0 atom stereocenters. The second-order valence-corrected chi connectivity index (χ2v) is 7.42. The summed E-state index contributed by atoms with van der Waals surface area (Å²) in [5.74, 6) is 0.945. The van der Waals surface area contributed by atoms with Gasteiger partial charge in [0.15, 0.2) is 0 Å². The van der Waals surface area contributed by atoms with Crippen molar-refractivity contribution in [2.45, 2.75) is 13.8 Å². The molecule has 3 heterocycles. The monoisotopic (exact) mass is 382 g/mol. The number of benzene rings is 1. The molecule has 3 aromatic rings. The molecule has 0 radical (unpaired) electrons. The van der Waals surface area contributed by atoms with Crippen LogP contribution in [0.25, 0.3) is 21.3 Å². The number of anilines is 1. The Labute approximate surface area is 162 Å². The molecule has 0 spiro atoms. The van der Waals surface area contributed by atoms with Crippen LogP contribution in [0.4, 0.5) is 10.6 Å². The highest BCUT2D eigenvalue weighted by Gasteiger charge is 2.25. The van der Waals surface area contributed by atoms with Crippen LogP contribution in [0.5, 0.6) is 0 Å². The Morgan fingerprint density at radius 2 is 1.89 bits per heavy atom. The van der Waals surface area contributed by atoms with Crippen LogP contribution in [0.15, 0.2) is 36.0 Å². The zero-order valence-electron chi connectivity index (χ0n) is 15.5. The molecule has 1 aliphatic heterocycles. The van der Waals surface area contributed by atoms with Gasteiger partial charge in [0.25, 0.3) is 0 Å². The minimum atomic E-state index is -0.235. The van der Waals surface area contributed by atoms with Crippen molar-refractivity contribution < 1.29 is 9.53 Å². The molecule has 0 unspecified atom stereocenters. The number of amides is 1. The van der Waals surface area contributed by atoms with Crippen LogP contribution < -0.4 is 4.90 Å². The Kier molecular flexibility index (Phi) is 4.94. The van der Waals surface area contributed by atoms with Crippen molar-refractivity contribution in [1.29, 1.82) is 0 Å². The first-order chi connectivity index (χ1) is 13.2. The summed E-state index contributed by atoms with van der Waals surface area (Å²) >= 11 is 1.64. The molecule has 140 valence electrons. The number of carbonyl (C=O) groups is 1. The molecular formula is C20H22N4O2S. The Morgan fingerprint density at radius 1 is 1.15 bits per heavy atom. The Balaban J connectivity index is 1.64. The zero-order valence-corrected chi connectivity index (χ0v) is 16.3. The quantitative estimate of drug-likeness (QED) is 0.687. The summed E-state index contributed by atoms with van der Waals surface area (Å²) in [5, 5.41) is 3.25. The van der Waals surface area contributed by atoms with Crippen LogP contribution >= 0.6 is 11.3 Å². The number of aryl methyl sites for hydroxylation is 1. The number of nitrogens with zero attached hydrogens (tertiary/aromatic N) is 4. The van der Waals surface area contributed by atoms with Crippen molar-refractivity contribution in [3.05, 3.63) is 41.5 Å². The van der Waals surface area contributed by atoms with Crippen molar-refractivity contribution in [1.82, 2.24) is 14.9 Å². The van der Waals surface area contributed by atoms with E-state index in [1.54, 1.807) is 22.6 Å². The highest BCUT2D eigenvalue weighted by atomic mass is 32.1. The fourth-order valence-corrected chi connectivity index (χ4v) is 4.27. The van der Waals surface area contributed by atoms with Crippen molar-refractivity contribution in [2.75, 3.05) is 37.7 Å². The van der Waals surface area contributed by atoms with Crippen molar-refractivity contribution in [3.63, 3.8) is 0 Å². The van der Waals surface area contributed by atoms with E-state index in [0.29, 0.717) is 19.7 Å². The van der Waals surface area contributed by atoms with Crippen molar-refractivity contribution in [2.24, 2.45) is 0 Å². The smallest absolute Gasteiger partial charge is 0.409 e. The van der Waals surface area contributed by atoms with E-state index in [0.717, 1.165) is 29.1 Å². The molecule has 1 fully saturated rings. The first-order valence-corrected chi connectivity index (χ1v) is 10.0. The van der Waals surface area contributed by atoms with Crippen LogP contribution in [0.2, 0.25) is 0 Å². The number of thiophene rings is 1. The summed E-state index contributed by atoms with van der Waals surface area (Å²) in [6.07, 6.45) is 1.39. The second kappa shape index (κ2) is 7.52. The summed E-state index contributed by atoms with van der Waals surface area (Å²) in [7, 11) is 0. The van der Waals surface area contributed by atoms with E-state index in [-0.39, 0.29) is 6.09 Å². The van der Waals surface area contributed by atoms with Gasteiger partial charge >= 0.3 is 6.09 Å². The standard InChI is InChI=1S/C20H22N4O2S/c1-3-26-20(25)24-10-8-23(9-11-24)18-17-16(12-27-19(17)22-13-21-18)15-6-4-14(2)5-7-15/h4-7,12-13H,3,8-11H2,1-2H3. The van der Waals surface area contributed by atoms with E-state index in [1.807, 2.05) is 6.92 Å². The summed E-state index contributed by atoms with van der Waals surface area (Å²) in [5.41, 5.74) is 3.58. The van der Waals surface area contributed by atoms with Crippen LogP contribution in [0, 0.1) is 6.92 Å². The third-order valence-electron chi connectivity index (χ3n) is 4.82. The molecule has 27 heavy (non-hydrogen) atoms. The third kappa shape index (κ3) is 3.47. The average Bonchev–Trinajstić information content (AvgIpc) is 3.13. The number of rotatable bonds is 3. The highest BCUT2D eigenvalue weighted by molar-refractivity contribution is 7.17. The fourth-order valence-electron chi connectivity index (χ4n) is 3.36. The van der Waals surface area contributed by atoms with E-state index < -0.39 is 0 Å². The Morgan fingerprint density at radius 3 is 2.59 bits per heavy atom. The predicted molar refractivity (Wildman–Crippen MR) is 108 cm³/mol. The van der Waals surface area contributed by atoms with Crippen molar-refractivity contribution >= 4 is 33.5 Å². The minimum Gasteiger partial charge on any atom is -0.450 e. The maximum absolute atomic E-state index is 11.9. The Hall–Kier alpha value is -2.67. The van der Waals surface area contributed by atoms with Gasteiger partial charge in [-0.3, -0.25) is 0 Å². The van der Waals surface area contributed by atoms with E-state index >= 15 is 0 Å². The van der Waals surface area contributed by atoms with Crippen molar-refractivity contribution in [3.8, 4) is 11.1 Å². The molecule has 7 heteroatoms. The first-order valence-electron chi connectivity index (χ1n) is 9.13. The van der Waals surface area contributed by atoms with Crippen LogP contribution in [-0.2, 0) is 4.74 Å². The molecule has 4 rings (SSSR count). The number of hydrogen-bond donors (Lipinski definition) is 0. The maximum Gasteiger partial charge on any atom is 0.409 e. The van der Waals surface area contributed by atoms with Gasteiger partial charge in [0.2, 0.25) is 0 Å². The topological polar surface area (TPSA) is 58.6 Å². The van der Waals surface area contributed by atoms with Gasteiger partial charge in [-0.05, 0) is 19.4 Å². The van der Waals surface area contributed by atoms with Crippen LogP contribution in [0.3, 0.4) is 0 Å². The molecule has 1 saturated heterocycles. The molecule has 6 nitrogen and oxygen atoms in total. The molecule has 1 aliphatic rings. The average molecular weight is 382 g/mol. The van der Waals surface area contributed by atoms with Gasteiger partial charge in [0.05, 0.1) is 12.0 Å². The van der Waals surface area contributed by atoms with Gasteiger partial charge in [-0.1, -0.05) is 29.8 Å². The second-order valence-electron chi connectivity index (χ2n) is 6.57. The molecule has 0 saturated carbocycles. The minimum absolute atomic E-state index is 0.235. The number of carbonyl (C=O) groups excluding carboxylic acids is 1. The van der Waals surface area contributed by atoms with Gasteiger partial charge in [-0.2, -0.15) is 0 Å². The number of aromatic nitrogens is 2. The van der Waals surface area contributed by atoms with Gasteiger partial charge in [-0.25, -0.2) is 14.8 Å². The third-order valence-corrected chi connectivity index (χ3v) is 5.70. The lowest BCUT2D eigenvalue weighted by molar-refractivity contribution is 0.105. The van der Waals surface area contributed by atoms with Gasteiger partial charge in [0.1, 0.15) is 17.0 Å². The SMILES string of the molecule is CCOC(=O)N1CCN(c2ncnc3scc(-c4ccc(C)cc4)c23)CC1. The summed E-state index contributed by atoms with van der Waals surface area (Å²) in [4.78, 5) is 26.0. The molecule has 1 aromatic carbocycles. The number of ether oxygens (including phenoxy) is 1.